The quantitative estimate of drug-likeness (QED) is 0.842. The first kappa shape index (κ1) is 18.2. The number of rotatable bonds is 6. The van der Waals surface area contributed by atoms with Crippen LogP contribution in [-0.2, 0) is 0 Å². The van der Waals surface area contributed by atoms with Gasteiger partial charge in [0, 0.05) is 44.4 Å². The third kappa shape index (κ3) is 4.81. The van der Waals surface area contributed by atoms with Crippen molar-refractivity contribution in [3.05, 3.63) is 29.6 Å². The Hall–Kier alpha value is -0.880. The molecule has 21 heavy (non-hydrogen) atoms. The fraction of sp³-hybridized carbons (Fsp3) is 0.600. The van der Waals surface area contributed by atoms with Gasteiger partial charge >= 0.3 is 0 Å². The number of hydrogen-bond acceptors (Lipinski definition) is 4. The summed E-state index contributed by atoms with van der Waals surface area (Å²) in [6, 6.07) is 4.75. The third-order valence-electron chi connectivity index (χ3n) is 3.78. The highest BCUT2D eigenvalue weighted by Crippen LogP contribution is 2.33. The normalized spacial score (nSPS) is 17.1. The van der Waals surface area contributed by atoms with Gasteiger partial charge in [0.05, 0.1) is 7.11 Å². The first-order chi connectivity index (χ1) is 9.76. The number of piperazine rings is 1. The van der Waals surface area contributed by atoms with Crippen molar-refractivity contribution >= 4 is 12.4 Å². The monoisotopic (exact) mass is 318 g/mol. The summed E-state index contributed by atoms with van der Waals surface area (Å²) in [5.74, 6) is 0.470. The summed E-state index contributed by atoms with van der Waals surface area (Å²) in [6.45, 7) is 3.88. The molecule has 1 aliphatic heterocycles. The lowest BCUT2D eigenvalue weighted by molar-refractivity contribution is 0.152. The van der Waals surface area contributed by atoms with E-state index >= 15 is 0 Å². The van der Waals surface area contributed by atoms with E-state index in [1.807, 2.05) is 0 Å². The zero-order valence-corrected chi connectivity index (χ0v) is 13.2. The van der Waals surface area contributed by atoms with E-state index in [2.05, 4.69) is 10.2 Å². The molecular weight excluding hydrogens is 295 g/mol. The molecular formula is C15H24ClFN2O2. The Morgan fingerprint density at radius 1 is 1.38 bits per heavy atom. The van der Waals surface area contributed by atoms with Crippen LogP contribution in [0.25, 0.3) is 0 Å². The van der Waals surface area contributed by atoms with E-state index in [-0.39, 0.29) is 30.9 Å². The summed E-state index contributed by atoms with van der Waals surface area (Å²) in [6.07, 6.45) is 1.50. The Balaban J connectivity index is 0.00000220. The van der Waals surface area contributed by atoms with Gasteiger partial charge in [-0.3, -0.25) is 4.90 Å². The van der Waals surface area contributed by atoms with Crippen molar-refractivity contribution in [2.45, 2.75) is 18.9 Å². The minimum absolute atomic E-state index is 0. The van der Waals surface area contributed by atoms with Gasteiger partial charge in [0.25, 0.3) is 0 Å². The molecule has 1 aromatic carbocycles. The molecule has 4 nitrogen and oxygen atoms in total. The van der Waals surface area contributed by atoms with Gasteiger partial charge in [0.15, 0.2) is 0 Å². The summed E-state index contributed by atoms with van der Waals surface area (Å²) in [5.41, 5.74) is 0.878. The lowest BCUT2D eigenvalue weighted by Crippen LogP contribution is -2.45. The van der Waals surface area contributed by atoms with Crippen LogP contribution in [0.1, 0.15) is 24.4 Å². The molecule has 2 rings (SSSR count). The molecule has 1 saturated heterocycles. The SMILES string of the molecule is COc1ccc(F)cc1[C@@H](CCCO)N1CCNCC1.Cl. The predicted octanol–water partition coefficient (Wildman–Crippen LogP) is 1.97. The summed E-state index contributed by atoms with van der Waals surface area (Å²) in [4.78, 5) is 2.34. The number of benzene rings is 1. The Morgan fingerprint density at radius 2 is 2.10 bits per heavy atom. The fourth-order valence-corrected chi connectivity index (χ4v) is 2.78. The van der Waals surface area contributed by atoms with Gasteiger partial charge in [0.1, 0.15) is 11.6 Å². The van der Waals surface area contributed by atoms with Crippen molar-refractivity contribution in [2.75, 3.05) is 39.9 Å². The van der Waals surface area contributed by atoms with Crippen LogP contribution in [0, 0.1) is 5.82 Å². The molecule has 120 valence electrons. The van der Waals surface area contributed by atoms with Crippen LogP contribution in [0.2, 0.25) is 0 Å². The molecule has 0 aliphatic carbocycles. The van der Waals surface area contributed by atoms with E-state index in [4.69, 9.17) is 9.84 Å². The lowest BCUT2D eigenvalue weighted by atomic mass is 9.98. The standard InChI is InChI=1S/C15H23FN2O2.ClH/c1-20-15-5-4-12(16)11-13(15)14(3-2-10-19)18-8-6-17-7-9-18;/h4-5,11,14,17,19H,2-3,6-10H2,1H3;1H/t14-;/m1./s1. The Bertz CT molecular complexity index is 428. The van der Waals surface area contributed by atoms with Gasteiger partial charge in [-0.1, -0.05) is 0 Å². The molecule has 2 N–H and O–H groups in total. The van der Waals surface area contributed by atoms with Crippen molar-refractivity contribution in [3.63, 3.8) is 0 Å². The minimum Gasteiger partial charge on any atom is -0.496 e. The number of aliphatic hydroxyl groups is 1. The van der Waals surface area contributed by atoms with Crippen molar-refractivity contribution in [1.82, 2.24) is 10.2 Å². The molecule has 0 radical (unpaired) electrons. The molecule has 0 amide bonds. The average molecular weight is 319 g/mol. The smallest absolute Gasteiger partial charge is 0.123 e. The van der Waals surface area contributed by atoms with Gasteiger partial charge in [-0.25, -0.2) is 4.39 Å². The summed E-state index contributed by atoms with van der Waals surface area (Å²) in [5, 5.41) is 12.4. The first-order valence-electron chi connectivity index (χ1n) is 7.15. The maximum atomic E-state index is 13.6. The number of hydrogen-bond donors (Lipinski definition) is 2. The van der Waals surface area contributed by atoms with E-state index in [0.717, 1.165) is 38.2 Å². The fourth-order valence-electron chi connectivity index (χ4n) is 2.78. The van der Waals surface area contributed by atoms with Crippen LogP contribution in [-0.4, -0.2) is 49.9 Å². The van der Waals surface area contributed by atoms with E-state index < -0.39 is 0 Å². The van der Waals surface area contributed by atoms with Crippen LogP contribution in [0.5, 0.6) is 5.75 Å². The molecule has 1 atom stereocenters. The summed E-state index contributed by atoms with van der Waals surface area (Å²) < 4.78 is 19.0. The van der Waals surface area contributed by atoms with Gasteiger partial charge in [-0.2, -0.15) is 0 Å². The van der Waals surface area contributed by atoms with Gasteiger partial charge in [0.2, 0.25) is 0 Å². The van der Waals surface area contributed by atoms with Gasteiger partial charge in [-0.15, -0.1) is 12.4 Å². The Kier molecular flexibility index (Phi) is 7.96. The highest BCUT2D eigenvalue weighted by atomic mass is 35.5. The highest BCUT2D eigenvalue weighted by Gasteiger charge is 2.24. The Morgan fingerprint density at radius 3 is 2.71 bits per heavy atom. The van der Waals surface area contributed by atoms with Crippen LogP contribution in [0.15, 0.2) is 18.2 Å². The number of methoxy groups -OCH3 is 1. The molecule has 6 heteroatoms. The number of nitrogens with zero attached hydrogens (tertiary/aromatic N) is 1. The van der Waals surface area contributed by atoms with E-state index in [9.17, 15) is 4.39 Å². The minimum atomic E-state index is -0.245. The van der Waals surface area contributed by atoms with Gasteiger partial charge in [-0.05, 0) is 31.0 Å². The first-order valence-corrected chi connectivity index (χ1v) is 7.15. The topological polar surface area (TPSA) is 44.7 Å². The largest absolute Gasteiger partial charge is 0.496 e. The maximum absolute atomic E-state index is 13.6. The zero-order valence-electron chi connectivity index (χ0n) is 12.3. The van der Waals surface area contributed by atoms with E-state index in [1.165, 1.54) is 6.07 Å². The molecule has 0 saturated carbocycles. The molecule has 1 heterocycles. The molecule has 0 bridgehead atoms. The van der Waals surface area contributed by atoms with Crippen LogP contribution in [0.4, 0.5) is 4.39 Å². The lowest BCUT2D eigenvalue weighted by Gasteiger charge is -2.35. The van der Waals surface area contributed by atoms with E-state index in [0.29, 0.717) is 12.2 Å². The van der Waals surface area contributed by atoms with Crippen LogP contribution in [0.3, 0.4) is 0 Å². The molecule has 0 spiro atoms. The highest BCUT2D eigenvalue weighted by molar-refractivity contribution is 5.85. The van der Waals surface area contributed by atoms with Crippen LogP contribution >= 0.6 is 12.4 Å². The Labute approximate surface area is 131 Å². The van der Waals surface area contributed by atoms with Crippen molar-refractivity contribution < 1.29 is 14.2 Å². The number of nitrogens with one attached hydrogen (secondary N) is 1. The summed E-state index contributed by atoms with van der Waals surface area (Å²) in [7, 11) is 1.61. The predicted molar refractivity (Wildman–Crippen MR) is 83.7 cm³/mol. The second-order valence-electron chi connectivity index (χ2n) is 5.05. The van der Waals surface area contributed by atoms with Crippen molar-refractivity contribution in [2.24, 2.45) is 0 Å². The zero-order chi connectivity index (χ0) is 14.4. The second-order valence-corrected chi connectivity index (χ2v) is 5.05. The molecule has 1 aromatic rings. The third-order valence-corrected chi connectivity index (χ3v) is 3.78. The van der Waals surface area contributed by atoms with Gasteiger partial charge < -0.3 is 15.2 Å². The number of halogens is 2. The number of ether oxygens (including phenoxy) is 1. The number of aliphatic hydroxyl groups excluding tert-OH is 1. The summed E-state index contributed by atoms with van der Waals surface area (Å²) >= 11 is 0. The van der Waals surface area contributed by atoms with Crippen molar-refractivity contribution in [1.29, 1.82) is 0 Å². The second kappa shape index (κ2) is 9.20. The molecule has 0 aromatic heterocycles. The molecule has 0 unspecified atom stereocenters. The van der Waals surface area contributed by atoms with Crippen LogP contribution < -0.4 is 10.1 Å². The molecule has 1 aliphatic rings. The molecule has 1 fully saturated rings. The van der Waals surface area contributed by atoms with Crippen molar-refractivity contribution in [3.8, 4) is 5.75 Å². The maximum Gasteiger partial charge on any atom is 0.123 e. The average Bonchev–Trinajstić information content (AvgIpc) is 2.49. The van der Waals surface area contributed by atoms with E-state index in [1.54, 1.807) is 19.2 Å².